The summed E-state index contributed by atoms with van der Waals surface area (Å²) in [7, 11) is 0. The van der Waals surface area contributed by atoms with Gasteiger partial charge in [-0.3, -0.25) is 4.79 Å². The Kier molecular flexibility index (Phi) is 12.7. The molecule has 0 radical (unpaired) electrons. The monoisotopic (exact) mass is 267 g/mol. The largest absolute Gasteiger partial charge is 0.370 e. The smallest absolute Gasteiger partial charge is 0.217 e. The van der Waals surface area contributed by atoms with Crippen molar-refractivity contribution in [2.24, 2.45) is 11.7 Å². The van der Waals surface area contributed by atoms with Gasteiger partial charge in [0.25, 0.3) is 0 Å². The normalized spacial score (nSPS) is 11.7. The van der Waals surface area contributed by atoms with Crippen LogP contribution in [0.3, 0.4) is 0 Å². The summed E-state index contributed by atoms with van der Waals surface area (Å²) in [6.45, 7) is 5.43. The summed E-state index contributed by atoms with van der Waals surface area (Å²) in [5.74, 6) is 6.29. The van der Waals surface area contributed by atoms with Gasteiger partial charge in [0.2, 0.25) is 5.91 Å². The van der Waals surface area contributed by atoms with Gasteiger partial charge in [0, 0.05) is 12.8 Å². The van der Waals surface area contributed by atoms with E-state index in [1.54, 1.807) is 0 Å². The molecule has 110 valence electrons. The Morgan fingerprint density at radius 1 is 1.21 bits per heavy atom. The van der Waals surface area contributed by atoms with E-state index in [1.807, 2.05) is 0 Å². The zero-order valence-corrected chi connectivity index (χ0v) is 12.5. The number of rotatable bonds is 11. The van der Waals surface area contributed by atoms with Gasteiger partial charge in [-0.2, -0.15) is 0 Å². The van der Waals surface area contributed by atoms with E-state index in [0.29, 0.717) is 25.6 Å². The topological polar surface area (TPSA) is 52.3 Å². The van der Waals surface area contributed by atoms with Crippen LogP contribution in [-0.4, -0.2) is 19.1 Å². The summed E-state index contributed by atoms with van der Waals surface area (Å²) >= 11 is 0. The first-order valence-electron chi connectivity index (χ1n) is 7.48. The number of carbonyl (C=O) groups excluding carboxylic acids is 1. The van der Waals surface area contributed by atoms with E-state index in [9.17, 15) is 4.79 Å². The number of ether oxygens (including phenoxy) is 1. The highest BCUT2D eigenvalue weighted by Crippen LogP contribution is 2.05. The molecule has 0 heterocycles. The molecular weight excluding hydrogens is 238 g/mol. The van der Waals surface area contributed by atoms with Crippen LogP contribution in [0.5, 0.6) is 0 Å². The van der Waals surface area contributed by atoms with Crippen LogP contribution in [0.15, 0.2) is 0 Å². The molecule has 2 N–H and O–H groups in total. The summed E-state index contributed by atoms with van der Waals surface area (Å²) in [6, 6.07) is 0. The second-order valence-electron chi connectivity index (χ2n) is 5.14. The fraction of sp³-hybridized carbons (Fsp3) is 0.812. The molecule has 0 spiro atoms. The lowest BCUT2D eigenvalue weighted by Crippen LogP contribution is -2.14. The van der Waals surface area contributed by atoms with Crippen molar-refractivity contribution in [3.63, 3.8) is 0 Å². The molecule has 3 nitrogen and oxygen atoms in total. The number of hydrogen-bond donors (Lipinski definition) is 1. The zero-order chi connectivity index (χ0) is 14.3. The molecule has 0 saturated carbocycles. The molecule has 0 aliphatic carbocycles. The highest BCUT2D eigenvalue weighted by atomic mass is 16.5. The van der Waals surface area contributed by atoms with Crippen molar-refractivity contribution in [3.8, 4) is 11.8 Å². The predicted octanol–water partition coefficient (Wildman–Crippen LogP) is 3.27. The molecule has 0 unspecified atom stereocenters. The Bertz CT molecular complexity index is 278. The van der Waals surface area contributed by atoms with Crippen molar-refractivity contribution < 1.29 is 9.53 Å². The van der Waals surface area contributed by atoms with Crippen molar-refractivity contribution in [2.75, 3.05) is 13.2 Å². The number of carbonyl (C=O) groups is 1. The second kappa shape index (κ2) is 13.4. The van der Waals surface area contributed by atoms with E-state index in [0.717, 1.165) is 12.8 Å². The van der Waals surface area contributed by atoms with Gasteiger partial charge in [-0.25, -0.2) is 0 Å². The number of primary amides is 1. The summed E-state index contributed by atoms with van der Waals surface area (Å²) < 4.78 is 5.45. The van der Waals surface area contributed by atoms with Crippen LogP contribution in [0.2, 0.25) is 0 Å². The Morgan fingerprint density at radius 2 is 1.95 bits per heavy atom. The molecule has 19 heavy (non-hydrogen) atoms. The average molecular weight is 267 g/mol. The zero-order valence-electron chi connectivity index (χ0n) is 12.5. The SMILES string of the molecule is CCCCCCCC#CCOC[C@@H](C)CCC(N)=O. The quantitative estimate of drug-likeness (QED) is 0.461. The fourth-order valence-corrected chi connectivity index (χ4v) is 1.74. The lowest BCUT2D eigenvalue weighted by Gasteiger charge is -2.08. The fourth-order valence-electron chi connectivity index (χ4n) is 1.74. The van der Waals surface area contributed by atoms with Crippen molar-refractivity contribution in [2.45, 2.75) is 65.2 Å². The molecular formula is C16H29NO2. The van der Waals surface area contributed by atoms with Gasteiger partial charge in [-0.15, -0.1) is 5.92 Å². The third-order valence-corrected chi connectivity index (χ3v) is 2.99. The maximum atomic E-state index is 10.6. The van der Waals surface area contributed by atoms with Crippen LogP contribution in [0.4, 0.5) is 0 Å². The van der Waals surface area contributed by atoms with Gasteiger partial charge < -0.3 is 10.5 Å². The van der Waals surface area contributed by atoms with E-state index in [2.05, 4.69) is 25.7 Å². The minimum atomic E-state index is -0.241. The van der Waals surface area contributed by atoms with Crippen LogP contribution in [-0.2, 0) is 9.53 Å². The summed E-state index contributed by atoms with van der Waals surface area (Å²) in [4.78, 5) is 10.6. The van der Waals surface area contributed by atoms with Crippen LogP contribution >= 0.6 is 0 Å². The summed E-state index contributed by atoms with van der Waals surface area (Å²) in [5.41, 5.74) is 5.09. The first kappa shape index (κ1) is 18.0. The maximum absolute atomic E-state index is 10.6. The average Bonchev–Trinajstić information content (AvgIpc) is 2.38. The number of amides is 1. The highest BCUT2D eigenvalue weighted by molar-refractivity contribution is 5.73. The van der Waals surface area contributed by atoms with Crippen molar-refractivity contribution in [1.29, 1.82) is 0 Å². The standard InChI is InChI=1S/C16H29NO2/c1-3-4-5-6-7-8-9-10-13-19-14-15(2)11-12-16(17)18/h15H,3-8,11-14H2,1-2H3,(H2,17,18)/t15-/m0/s1. The van der Waals surface area contributed by atoms with Crippen LogP contribution in [0, 0.1) is 17.8 Å². The second-order valence-corrected chi connectivity index (χ2v) is 5.14. The highest BCUT2D eigenvalue weighted by Gasteiger charge is 2.03. The van der Waals surface area contributed by atoms with Crippen LogP contribution < -0.4 is 5.73 Å². The molecule has 0 aromatic rings. The van der Waals surface area contributed by atoms with Crippen molar-refractivity contribution in [3.05, 3.63) is 0 Å². The van der Waals surface area contributed by atoms with Gasteiger partial charge in [-0.05, 0) is 18.8 Å². The number of unbranched alkanes of at least 4 members (excludes halogenated alkanes) is 5. The van der Waals surface area contributed by atoms with E-state index in [1.165, 1.54) is 32.1 Å². The van der Waals surface area contributed by atoms with E-state index in [-0.39, 0.29) is 5.91 Å². The molecule has 0 fully saturated rings. The molecule has 3 heteroatoms. The molecule has 1 atom stereocenters. The number of hydrogen-bond acceptors (Lipinski definition) is 2. The molecule has 0 aliphatic heterocycles. The van der Waals surface area contributed by atoms with E-state index >= 15 is 0 Å². The van der Waals surface area contributed by atoms with Crippen LogP contribution in [0.1, 0.15) is 65.2 Å². The van der Waals surface area contributed by atoms with Gasteiger partial charge >= 0.3 is 0 Å². The third kappa shape index (κ3) is 14.9. The van der Waals surface area contributed by atoms with Gasteiger partial charge in [0.1, 0.15) is 6.61 Å². The Labute approximate surface area is 118 Å². The number of nitrogens with two attached hydrogens (primary N) is 1. The molecule has 0 bridgehead atoms. The van der Waals surface area contributed by atoms with Gasteiger partial charge in [0.15, 0.2) is 0 Å². The lowest BCUT2D eigenvalue weighted by molar-refractivity contribution is -0.118. The minimum absolute atomic E-state index is 0.241. The molecule has 1 amide bonds. The Morgan fingerprint density at radius 3 is 2.63 bits per heavy atom. The minimum Gasteiger partial charge on any atom is -0.370 e. The Hall–Kier alpha value is -1.01. The molecule has 0 rings (SSSR count). The molecule has 0 aromatic carbocycles. The first-order chi connectivity index (χ1) is 9.16. The Balaban J connectivity index is 3.31. The van der Waals surface area contributed by atoms with Gasteiger partial charge in [-0.1, -0.05) is 45.5 Å². The van der Waals surface area contributed by atoms with E-state index in [4.69, 9.17) is 10.5 Å². The van der Waals surface area contributed by atoms with Gasteiger partial charge in [0.05, 0.1) is 6.61 Å². The maximum Gasteiger partial charge on any atom is 0.217 e. The molecule has 0 saturated heterocycles. The van der Waals surface area contributed by atoms with Crippen LogP contribution in [0.25, 0.3) is 0 Å². The lowest BCUT2D eigenvalue weighted by atomic mass is 10.1. The summed E-state index contributed by atoms with van der Waals surface area (Å²) in [6.07, 6.45) is 8.63. The van der Waals surface area contributed by atoms with E-state index < -0.39 is 0 Å². The summed E-state index contributed by atoms with van der Waals surface area (Å²) in [5, 5.41) is 0. The first-order valence-corrected chi connectivity index (χ1v) is 7.48. The van der Waals surface area contributed by atoms with Crippen molar-refractivity contribution >= 4 is 5.91 Å². The molecule has 0 aliphatic rings. The predicted molar refractivity (Wildman–Crippen MR) is 79.6 cm³/mol. The van der Waals surface area contributed by atoms with Crippen molar-refractivity contribution in [1.82, 2.24) is 0 Å². The molecule has 0 aromatic heterocycles. The third-order valence-electron chi connectivity index (χ3n) is 2.99.